The molecule has 0 amide bonds. The highest BCUT2D eigenvalue weighted by molar-refractivity contribution is 7.99. The monoisotopic (exact) mass is 193 g/mol. The van der Waals surface area contributed by atoms with E-state index in [0.717, 1.165) is 12.2 Å². The van der Waals surface area contributed by atoms with E-state index >= 15 is 0 Å². The van der Waals surface area contributed by atoms with Crippen molar-refractivity contribution in [2.75, 3.05) is 5.75 Å². The number of hydrogen-bond acceptors (Lipinski definition) is 2. The molecule has 0 radical (unpaired) electrons. The predicted octanol–water partition coefficient (Wildman–Crippen LogP) is 2.66. The van der Waals surface area contributed by atoms with Gasteiger partial charge in [-0.1, -0.05) is 18.2 Å². The summed E-state index contributed by atoms with van der Waals surface area (Å²) in [6, 6.07) is 10.5. The summed E-state index contributed by atoms with van der Waals surface area (Å²) in [5, 5.41) is 0. The summed E-state index contributed by atoms with van der Waals surface area (Å²) in [5.41, 5.74) is 6.21. The Morgan fingerprint density at radius 1 is 1.23 bits per heavy atom. The highest BCUT2D eigenvalue weighted by atomic mass is 32.2. The van der Waals surface area contributed by atoms with E-state index in [4.69, 9.17) is 5.73 Å². The molecule has 0 aliphatic heterocycles. The summed E-state index contributed by atoms with van der Waals surface area (Å²) in [7, 11) is 0. The Hall–Kier alpha value is -0.470. The van der Waals surface area contributed by atoms with Gasteiger partial charge >= 0.3 is 0 Å². The summed E-state index contributed by atoms with van der Waals surface area (Å²) in [6.07, 6.45) is 3.61. The average Bonchev–Trinajstić information content (AvgIpc) is 2.86. The Labute approximate surface area is 83.7 Å². The Balaban J connectivity index is 1.74. The van der Waals surface area contributed by atoms with Crippen LogP contribution in [0.3, 0.4) is 0 Å². The molecule has 1 aromatic rings. The van der Waals surface area contributed by atoms with Gasteiger partial charge in [0.15, 0.2) is 0 Å². The van der Waals surface area contributed by atoms with Crippen LogP contribution < -0.4 is 5.73 Å². The second-order valence-corrected chi connectivity index (χ2v) is 4.94. The molecule has 1 aromatic carbocycles. The third-order valence-electron chi connectivity index (χ3n) is 2.50. The zero-order valence-electron chi connectivity index (χ0n) is 7.70. The van der Waals surface area contributed by atoms with Crippen molar-refractivity contribution in [2.45, 2.75) is 29.7 Å². The maximum atomic E-state index is 6.00. The molecular formula is C11H15NS. The van der Waals surface area contributed by atoms with Gasteiger partial charge in [0, 0.05) is 10.4 Å². The van der Waals surface area contributed by atoms with Crippen molar-refractivity contribution in [3.05, 3.63) is 30.3 Å². The van der Waals surface area contributed by atoms with E-state index in [1.807, 2.05) is 11.8 Å². The van der Waals surface area contributed by atoms with E-state index < -0.39 is 0 Å². The van der Waals surface area contributed by atoms with Crippen molar-refractivity contribution in [1.29, 1.82) is 0 Å². The van der Waals surface area contributed by atoms with Crippen molar-refractivity contribution >= 4 is 11.8 Å². The molecule has 1 nitrogen and oxygen atoms in total. The van der Waals surface area contributed by atoms with Crippen LogP contribution in [0.2, 0.25) is 0 Å². The molecule has 0 bridgehead atoms. The van der Waals surface area contributed by atoms with Crippen LogP contribution in [0.25, 0.3) is 0 Å². The van der Waals surface area contributed by atoms with Crippen LogP contribution in [0.1, 0.15) is 19.3 Å². The van der Waals surface area contributed by atoms with E-state index in [9.17, 15) is 0 Å². The Bertz CT molecular complexity index is 267. The molecule has 1 aliphatic rings. The summed E-state index contributed by atoms with van der Waals surface area (Å²) in [4.78, 5) is 1.35. The van der Waals surface area contributed by atoms with Crippen LogP contribution in [0.4, 0.5) is 0 Å². The molecule has 0 spiro atoms. The van der Waals surface area contributed by atoms with E-state index in [1.54, 1.807) is 0 Å². The standard InChI is InChI=1S/C11H15NS/c12-11(6-7-11)8-9-13-10-4-2-1-3-5-10/h1-5H,6-9,12H2. The normalized spacial score (nSPS) is 18.5. The molecular weight excluding hydrogens is 178 g/mol. The van der Waals surface area contributed by atoms with Crippen LogP contribution >= 0.6 is 11.8 Å². The summed E-state index contributed by atoms with van der Waals surface area (Å²) >= 11 is 1.91. The van der Waals surface area contributed by atoms with Crippen LogP contribution in [0, 0.1) is 0 Å². The molecule has 1 aliphatic carbocycles. The van der Waals surface area contributed by atoms with Crippen molar-refractivity contribution in [3.63, 3.8) is 0 Å². The zero-order chi connectivity index (χ0) is 9.15. The molecule has 2 N–H and O–H groups in total. The van der Waals surface area contributed by atoms with Gasteiger partial charge in [-0.25, -0.2) is 0 Å². The van der Waals surface area contributed by atoms with Crippen LogP contribution in [0.5, 0.6) is 0 Å². The predicted molar refractivity (Wildman–Crippen MR) is 57.9 cm³/mol. The highest BCUT2D eigenvalue weighted by Crippen LogP contribution is 2.37. The summed E-state index contributed by atoms with van der Waals surface area (Å²) < 4.78 is 0. The minimum atomic E-state index is 0.210. The Morgan fingerprint density at radius 2 is 1.92 bits per heavy atom. The van der Waals surface area contributed by atoms with Gasteiger partial charge in [0.2, 0.25) is 0 Å². The molecule has 2 heteroatoms. The van der Waals surface area contributed by atoms with Gasteiger partial charge in [-0.05, 0) is 37.1 Å². The van der Waals surface area contributed by atoms with Gasteiger partial charge in [0.1, 0.15) is 0 Å². The number of nitrogens with two attached hydrogens (primary N) is 1. The lowest BCUT2D eigenvalue weighted by molar-refractivity contribution is 0.656. The first-order valence-electron chi connectivity index (χ1n) is 4.75. The molecule has 0 unspecified atom stereocenters. The van der Waals surface area contributed by atoms with E-state index in [2.05, 4.69) is 30.3 Å². The first kappa shape index (κ1) is 9.10. The molecule has 70 valence electrons. The molecule has 0 aromatic heterocycles. The Morgan fingerprint density at radius 3 is 2.54 bits per heavy atom. The van der Waals surface area contributed by atoms with Crippen molar-refractivity contribution in [3.8, 4) is 0 Å². The molecule has 0 saturated heterocycles. The van der Waals surface area contributed by atoms with Crippen molar-refractivity contribution < 1.29 is 0 Å². The number of benzene rings is 1. The quantitative estimate of drug-likeness (QED) is 0.744. The smallest absolute Gasteiger partial charge is 0.0163 e. The van der Waals surface area contributed by atoms with Crippen LogP contribution in [-0.4, -0.2) is 11.3 Å². The number of thioether (sulfide) groups is 1. The SMILES string of the molecule is NC1(CCSc2ccccc2)CC1. The molecule has 1 fully saturated rings. The van der Waals surface area contributed by atoms with Gasteiger partial charge < -0.3 is 5.73 Å². The molecule has 1 saturated carbocycles. The van der Waals surface area contributed by atoms with E-state index in [1.165, 1.54) is 17.7 Å². The van der Waals surface area contributed by atoms with Gasteiger partial charge in [0.25, 0.3) is 0 Å². The van der Waals surface area contributed by atoms with Gasteiger partial charge in [-0.2, -0.15) is 0 Å². The van der Waals surface area contributed by atoms with Gasteiger partial charge in [-0.15, -0.1) is 11.8 Å². The highest BCUT2D eigenvalue weighted by Gasteiger charge is 2.37. The fourth-order valence-electron chi connectivity index (χ4n) is 1.30. The second-order valence-electron chi connectivity index (χ2n) is 3.77. The lowest BCUT2D eigenvalue weighted by Gasteiger charge is -2.06. The fourth-order valence-corrected chi connectivity index (χ4v) is 2.39. The van der Waals surface area contributed by atoms with Gasteiger partial charge in [0.05, 0.1) is 0 Å². The average molecular weight is 193 g/mol. The van der Waals surface area contributed by atoms with Crippen molar-refractivity contribution in [1.82, 2.24) is 0 Å². The maximum Gasteiger partial charge on any atom is 0.0163 e. The lowest BCUT2D eigenvalue weighted by Crippen LogP contribution is -2.21. The second kappa shape index (κ2) is 3.72. The van der Waals surface area contributed by atoms with Gasteiger partial charge in [-0.3, -0.25) is 0 Å². The molecule has 0 heterocycles. The van der Waals surface area contributed by atoms with E-state index in [0.29, 0.717) is 0 Å². The summed E-state index contributed by atoms with van der Waals surface area (Å²) in [6.45, 7) is 0. The fraction of sp³-hybridized carbons (Fsp3) is 0.455. The Kier molecular flexibility index (Phi) is 2.61. The minimum Gasteiger partial charge on any atom is -0.325 e. The first-order chi connectivity index (χ1) is 6.29. The van der Waals surface area contributed by atoms with E-state index in [-0.39, 0.29) is 5.54 Å². The van der Waals surface area contributed by atoms with Crippen molar-refractivity contribution in [2.24, 2.45) is 5.73 Å². The third kappa shape index (κ3) is 2.75. The lowest BCUT2D eigenvalue weighted by atomic mass is 10.2. The maximum absolute atomic E-state index is 6.00. The topological polar surface area (TPSA) is 26.0 Å². The largest absolute Gasteiger partial charge is 0.325 e. The number of hydrogen-bond donors (Lipinski definition) is 1. The minimum absolute atomic E-state index is 0.210. The van der Waals surface area contributed by atoms with Crippen LogP contribution in [0.15, 0.2) is 35.2 Å². The number of rotatable bonds is 4. The van der Waals surface area contributed by atoms with Crippen LogP contribution in [-0.2, 0) is 0 Å². The third-order valence-corrected chi connectivity index (χ3v) is 3.52. The summed E-state index contributed by atoms with van der Waals surface area (Å²) in [5.74, 6) is 1.15. The molecule has 2 rings (SSSR count). The zero-order valence-corrected chi connectivity index (χ0v) is 8.52. The molecule has 0 atom stereocenters. The molecule has 13 heavy (non-hydrogen) atoms. The first-order valence-corrected chi connectivity index (χ1v) is 5.74.